The summed E-state index contributed by atoms with van der Waals surface area (Å²) in [4.78, 5) is 14.9. The Labute approximate surface area is 95.6 Å². The van der Waals surface area contributed by atoms with Gasteiger partial charge in [0.25, 0.3) is 0 Å². The van der Waals surface area contributed by atoms with Crippen molar-refractivity contribution in [2.45, 2.75) is 32.1 Å². The van der Waals surface area contributed by atoms with Crippen LogP contribution >= 0.6 is 0 Å². The first-order valence-corrected chi connectivity index (χ1v) is 4.84. The van der Waals surface area contributed by atoms with Crippen molar-refractivity contribution in [3.05, 3.63) is 17.7 Å². The molecule has 1 aromatic heterocycles. The molecule has 0 spiro atoms. The van der Waals surface area contributed by atoms with E-state index < -0.39 is 24.5 Å². The van der Waals surface area contributed by atoms with Gasteiger partial charge in [0, 0.05) is 6.54 Å². The highest BCUT2D eigenvalue weighted by Gasteiger charge is 2.36. The van der Waals surface area contributed by atoms with Crippen LogP contribution < -0.4 is 11.5 Å². The van der Waals surface area contributed by atoms with Crippen molar-refractivity contribution in [3.63, 3.8) is 0 Å². The molecule has 0 saturated heterocycles. The number of carbonyl (C=O) groups excluding carboxylic acids is 1. The molecule has 1 atom stereocenters. The molecule has 0 aliphatic rings. The Bertz CT molecular complexity index is 413. The van der Waals surface area contributed by atoms with E-state index in [0.29, 0.717) is 11.4 Å². The Hall–Kier alpha value is -1.57. The fraction of sp³-hybridized carbons (Fsp3) is 0.556. The highest BCUT2D eigenvalue weighted by Crippen LogP contribution is 2.28. The second-order valence-electron chi connectivity index (χ2n) is 3.63. The third kappa shape index (κ3) is 3.19. The van der Waals surface area contributed by atoms with E-state index in [9.17, 15) is 18.0 Å². The number of nitrogens with two attached hydrogens (primary N) is 2. The molecule has 5 nitrogen and oxygen atoms in total. The van der Waals surface area contributed by atoms with Gasteiger partial charge in [0.2, 0.25) is 5.91 Å². The van der Waals surface area contributed by atoms with E-state index in [2.05, 4.69) is 4.98 Å². The average Bonchev–Trinajstić information content (AvgIpc) is 2.54. The van der Waals surface area contributed by atoms with Gasteiger partial charge in [0.05, 0.1) is 24.1 Å². The molecule has 0 aliphatic carbocycles. The van der Waals surface area contributed by atoms with E-state index in [1.165, 1.54) is 0 Å². The molecule has 0 radical (unpaired) electrons. The van der Waals surface area contributed by atoms with Crippen molar-refractivity contribution in [2.75, 3.05) is 0 Å². The van der Waals surface area contributed by atoms with Crippen LogP contribution in [0.1, 0.15) is 23.9 Å². The molecule has 1 aromatic rings. The molecule has 1 rings (SSSR count). The lowest BCUT2D eigenvalue weighted by atomic mass is 10.1. The van der Waals surface area contributed by atoms with Crippen LogP contribution in [0.3, 0.4) is 0 Å². The summed E-state index contributed by atoms with van der Waals surface area (Å²) in [5.74, 6) is -1.06. The second kappa shape index (κ2) is 4.74. The number of alkyl halides is 3. The third-order valence-corrected chi connectivity index (χ3v) is 2.39. The van der Waals surface area contributed by atoms with Crippen LogP contribution in [0.15, 0.2) is 6.33 Å². The fourth-order valence-corrected chi connectivity index (χ4v) is 1.56. The third-order valence-electron chi connectivity index (χ3n) is 2.39. The van der Waals surface area contributed by atoms with Crippen LogP contribution in [-0.2, 0) is 11.3 Å². The monoisotopic (exact) mass is 250 g/mol. The Morgan fingerprint density at radius 3 is 2.59 bits per heavy atom. The molecule has 4 N–H and O–H groups in total. The summed E-state index contributed by atoms with van der Waals surface area (Å²) in [7, 11) is 0. The van der Waals surface area contributed by atoms with Crippen LogP contribution in [-0.4, -0.2) is 21.6 Å². The van der Waals surface area contributed by atoms with E-state index in [1.54, 1.807) is 6.92 Å². The maximum Gasteiger partial charge on any atom is 0.391 e. The molecule has 96 valence electrons. The zero-order chi connectivity index (χ0) is 13.2. The number of hydrogen-bond acceptors (Lipinski definition) is 3. The van der Waals surface area contributed by atoms with E-state index in [1.807, 2.05) is 0 Å². The first kappa shape index (κ1) is 13.5. The summed E-state index contributed by atoms with van der Waals surface area (Å²) < 4.78 is 38.1. The van der Waals surface area contributed by atoms with Gasteiger partial charge in [0.1, 0.15) is 6.04 Å². The number of primary amides is 1. The molecule has 0 saturated carbocycles. The van der Waals surface area contributed by atoms with Crippen molar-refractivity contribution in [1.82, 2.24) is 9.55 Å². The lowest BCUT2D eigenvalue weighted by Crippen LogP contribution is -2.32. The van der Waals surface area contributed by atoms with E-state index in [-0.39, 0.29) is 6.54 Å². The minimum Gasteiger partial charge on any atom is -0.368 e. The van der Waals surface area contributed by atoms with Crippen LogP contribution in [0.5, 0.6) is 0 Å². The first-order chi connectivity index (χ1) is 7.76. The minimum atomic E-state index is -4.48. The molecular formula is C9H13F3N4O. The number of hydrogen-bond donors (Lipinski definition) is 2. The minimum absolute atomic E-state index is 0.00648. The topological polar surface area (TPSA) is 86.9 Å². The van der Waals surface area contributed by atoms with Crippen LogP contribution in [0.2, 0.25) is 0 Å². The summed E-state index contributed by atoms with van der Waals surface area (Å²) in [6.45, 7) is 1.60. The van der Waals surface area contributed by atoms with Gasteiger partial charge < -0.3 is 16.0 Å². The summed E-state index contributed by atoms with van der Waals surface area (Å²) in [5.41, 5.74) is 11.2. The number of aromatic nitrogens is 2. The quantitative estimate of drug-likeness (QED) is 0.821. The smallest absolute Gasteiger partial charge is 0.368 e. The number of carbonyl (C=O) groups is 1. The highest BCUT2D eigenvalue weighted by molar-refractivity contribution is 5.78. The number of nitrogens with zero attached hydrogens (tertiary/aromatic N) is 2. The lowest BCUT2D eigenvalue weighted by Gasteiger charge is -2.19. The van der Waals surface area contributed by atoms with Gasteiger partial charge in [0.15, 0.2) is 0 Å². The Morgan fingerprint density at radius 1 is 1.59 bits per heavy atom. The average molecular weight is 250 g/mol. The molecular weight excluding hydrogens is 237 g/mol. The molecule has 0 fully saturated rings. The molecule has 0 aliphatic heterocycles. The predicted molar refractivity (Wildman–Crippen MR) is 53.8 cm³/mol. The molecule has 0 aromatic carbocycles. The van der Waals surface area contributed by atoms with Gasteiger partial charge in [-0.2, -0.15) is 13.2 Å². The van der Waals surface area contributed by atoms with E-state index in [0.717, 1.165) is 10.9 Å². The summed E-state index contributed by atoms with van der Waals surface area (Å²) >= 11 is 0. The van der Waals surface area contributed by atoms with Gasteiger partial charge in [-0.05, 0) is 6.92 Å². The summed E-state index contributed by atoms with van der Waals surface area (Å²) in [6.07, 6.45) is -4.66. The largest absolute Gasteiger partial charge is 0.391 e. The Kier molecular flexibility index (Phi) is 3.76. The van der Waals surface area contributed by atoms with Crippen LogP contribution in [0, 0.1) is 6.92 Å². The molecule has 17 heavy (non-hydrogen) atoms. The number of amides is 1. The normalized spacial score (nSPS) is 13.7. The van der Waals surface area contributed by atoms with Crippen molar-refractivity contribution in [2.24, 2.45) is 11.5 Å². The molecule has 8 heteroatoms. The van der Waals surface area contributed by atoms with Gasteiger partial charge in [-0.15, -0.1) is 0 Å². The van der Waals surface area contributed by atoms with Gasteiger partial charge in [-0.1, -0.05) is 0 Å². The first-order valence-electron chi connectivity index (χ1n) is 4.84. The maximum absolute atomic E-state index is 12.3. The standard InChI is InChI=1S/C9H13F3N4O/c1-5-7(3-13)16(4-15-5)6(8(14)17)2-9(10,11)12/h4,6H,2-3,13H2,1H3,(H2,14,17). The van der Waals surface area contributed by atoms with Gasteiger partial charge in [-0.3, -0.25) is 4.79 Å². The van der Waals surface area contributed by atoms with Gasteiger partial charge >= 0.3 is 6.18 Å². The predicted octanol–water partition coefficient (Wildman–Crippen LogP) is 0.629. The van der Waals surface area contributed by atoms with Crippen molar-refractivity contribution in [1.29, 1.82) is 0 Å². The van der Waals surface area contributed by atoms with E-state index >= 15 is 0 Å². The molecule has 0 bridgehead atoms. The fourth-order valence-electron chi connectivity index (χ4n) is 1.56. The lowest BCUT2D eigenvalue weighted by molar-refractivity contribution is -0.151. The van der Waals surface area contributed by atoms with Crippen molar-refractivity contribution >= 4 is 5.91 Å². The number of aryl methyl sites for hydroxylation is 1. The summed E-state index contributed by atoms with van der Waals surface area (Å²) in [6, 6.07) is -1.50. The Balaban J connectivity index is 3.10. The Morgan fingerprint density at radius 2 is 2.18 bits per heavy atom. The number of halogens is 3. The number of rotatable bonds is 4. The van der Waals surface area contributed by atoms with Crippen molar-refractivity contribution in [3.8, 4) is 0 Å². The zero-order valence-electron chi connectivity index (χ0n) is 9.16. The summed E-state index contributed by atoms with van der Waals surface area (Å²) in [5, 5.41) is 0. The zero-order valence-corrected chi connectivity index (χ0v) is 9.16. The SMILES string of the molecule is Cc1ncn(C(CC(F)(F)F)C(N)=O)c1CN. The molecule has 1 amide bonds. The maximum atomic E-state index is 12.3. The second-order valence-corrected chi connectivity index (χ2v) is 3.63. The molecule has 1 unspecified atom stereocenters. The number of imidazole rings is 1. The van der Waals surface area contributed by atoms with Crippen LogP contribution in [0.4, 0.5) is 13.2 Å². The van der Waals surface area contributed by atoms with Crippen molar-refractivity contribution < 1.29 is 18.0 Å². The van der Waals surface area contributed by atoms with Crippen LogP contribution in [0.25, 0.3) is 0 Å². The van der Waals surface area contributed by atoms with Gasteiger partial charge in [-0.25, -0.2) is 4.98 Å². The molecule has 1 heterocycles. The highest BCUT2D eigenvalue weighted by atomic mass is 19.4. The van der Waals surface area contributed by atoms with E-state index in [4.69, 9.17) is 11.5 Å².